The van der Waals surface area contributed by atoms with Gasteiger partial charge in [-0.25, -0.2) is 0 Å². The highest BCUT2D eigenvalue weighted by Gasteiger charge is 2.15. The number of hydrogen-bond acceptors (Lipinski definition) is 2. The number of rotatable bonds is 6. The molecular weight excluding hydrogens is 210 g/mol. The molecule has 0 aliphatic rings. The van der Waals surface area contributed by atoms with E-state index < -0.39 is 0 Å². The SMILES string of the molecule is CC(C)c1ccccc1OCCC(C)(C)CN. The van der Waals surface area contributed by atoms with E-state index in [1.165, 1.54) is 5.56 Å². The molecule has 0 fully saturated rings. The standard InChI is InChI=1S/C15H25NO/c1-12(2)13-7-5-6-8-14(13)17-10-9-15(3,4)11-16/h5-8,12H,9-11,16H2,1-4H3. The maximum atomic E-state index is 5.88. The molecule has 96 valence electrons. The van der Waals surface area contributed by atoms with Gasteiger partial charge in [-0.1, -0.05) is 45.9 Å². The van der Waals surface area contributed by atoms with Crippen molar-refractivity contribution in [2.75, 3.05) is 13.2 Å². The smallest absolute Gasteiger partial charge is 0.122 e. The molecule has 1 rings (SSSR count). The van der Waals surface area contributed by atoms with E-state index in [-0.39, 0.29) is 5.41 Å². The third kappa shape index (κ3) is 4.39. The second-order valence-corrected chi connectivity index (χ2v) is 5.66. The van der Waals surface area contributed by atoms with Crippen molar-refractivity contribution in [1.82, 2.24) is 0 Å². The van der Waals surface area contributed by atoms with Gasteiger partial charge in [0.1, 0.15) is 5.75 Å². The summed E-state index contributed by atoms with van der Waals surface area (Å²) in [5.41, 5.74) is 7.14. The fraction of sp³-hybridized carbons (Fsp3) is 0.600. The molecule has 2 nitrogen and oxygen atoms in total. The Morgan fingerprint density at radius 1 is 1.24 bits per heavy atom. The molecule has 17 heavy (non-hydrogen) atoms. The molecule has 2 N–H and O–H groups in total. The van der Waals surface area contributed by atoms with Crippen molar-refractivity contribution in [1.29, 1.82) is 0 Å². The van der Waals surface area contributed by atoms with E-state index in [0.717, 1.165) is 18.8 Å². The fourth-order valence-electron chi connectivity index (χ4n) is 1.63. The lowest BCUT2D eigenvalue weighted by Gasteiger charge is -2.22. The van der Waals surface area contributed by atoms with Crippen LogP contribution < -0.4 is 10.5 Å². The molecule has 1 aromatic carbocycles. The van der Waals surface area contributed by atoms with Crippen LogP contribution in [0.1, 0.15) is 45.6 Å². The second kappa shape index (κ2) is 6.06. The van der Waals surface area contributed by atoms with E-state index in [4.69, 9.17) is 10.5 Å². The molecule has 2 heteroatoms. The number of benzene rings is 1. The summed E-state index contributed by atoms with van der Waals surface area (Å²) in [5, 5.41) is 0. The fourth-order valence-corrected chi connectivity index (χ4v) is 1.63. The molecule has 0 saturated heterocycles. The first-order valence-electron chi connectivity index (χ1n) is 6.38. The molecule has 0 bridgehead atoms. The van der Waals surface area contributed by atoms with Gasteiger partial charge in [-0.2, -0.15) is 0 Å². The number of para-hydroxylation sites is 1. The minimum Gasteiger partial charge on any atom is -0.493 e. The van der Waals surface area contributed by atoms with Gasteiger partial charge < -0.3 is 10.5 Å². The predicted octanol–water partition coefficient (Wildman–Crippen LogP) is 3.56. The first-order chi connectivity index (χ1) is 7.96. The summed E-state index contributed by atoms with van der Waals surface area (Å²) in [4.78, 5) is 0. The Hall–Kier alpha value is -1.02. The molecule has 0 saturated carbocycles. The van der Waals surface area contributed by atoms with Crippen molar-refractivity contribution >= 4 is 0 Å². The average molecular weight is 235 g/mol. The van der Waals surface area contributed by atoms with Crippen LogP contribution in [0.2, 0.25) is 0 Å². The van der Waals surface area contributed by atoms with Crippen LogP contribution >= 0.6 is 0 Å². The highest BCUT2D eigenvalue weighted by Crippen LogP contribution is 2.27. The van der Waals surface area contributed by atoms with Crippen LogP contribution in [0.5, 0.6) is 5.75 Å². The molecule has 0 atom stereocenters. The predicted molar refractivity (Wildman–Crippen MR) is 73.5 cm³/mol. The van der Waals surface area contributed by atoms with Gasteiger partial charge >= 0.3 is 0 Å². The summed E-state index contributed by atoms with van der Waals surface area (Å²) in [6.07, 6.45) is 0.982. The Kier molecular flexibility index (Phi) is 5.01. The maximum Gasteiger partial charge on any atom is 0.122 e. The van der Waals surface area contributed by atoms with E-state index in [1.807, 2.05) is 12.1 Å². The lowest BCUT2D eigenvalue weighted by molar-refractivity contribution is 0.231. The van der Waals surface area contributed by atoms with Crippen LogP contribution in [0.3, 0.4) is 0 Å². The normalized spacial score (nSPS) is 11.9. The van der Waals surface area contributed by atoms with Crippen molar-refractivity contribution in [3.8, 4) is 5.75 Å². The van der Waals surface area contributed by atoms with Crippen molar-refractivity contribution in [2.24, 2.45) is 11.1 Å². The molecular formula is C15H25NO. The second-order valence-electron chi connectivity index (χ2n) is 5.66. The van der Waals surface area contributed by atoms with E-state index in [1.54, 1.807) is 0 Å². The van der Waals surface area contributed by atoms with Crippen LogP contribution in [0.15, 0.2) is 24.3 Å². The van der Waals surface area contributed by atoms with Crippen LogP contribution in [-0.2, 0) is 0 Å². The zero-order chi connectivity index (χ0) is 12.9. The summed E-state index contributed by atoms with van der Waals surface area (Å²) in [7, 11) is 0. The lowest BCUT2D eigenvalue weighted by atomic mass is 9.90. The summed E-state index contributed by atoms with van der Waals surface area (Å²) < 4.78 is 5.88. The monoisotopic (exact) mass is 235 g/mol. The lowest BCUT2D eigenvalue weighted by Crippen LogP contribution is -2.25. The van der Waals surface area contributed by atoms with Gasteiger partial charge in [0, 0.05) is 0 Å². The summed E-state index contributed by atoms with van der Waals surface area (Å²) in [5.74, 6) is 1.50. The third-order valence-corrected chi connectivity index (χ3v) is 3.13. The molecule has 0 radical (unpaired) electrons. The highest BCUT2D eigenvalue weighted by molar-refractivity contribution is 5.35. The third-order valence-electron chi connectivity index (χ3n) is 3.13. The first kappa shape index (κ1) is 14.0. The summed E-state index contributed by atoms with van der Waals surface area (Å²) in [6.45, 7) is 10.1. The molecule has 0 amide bonds. The van der Waals surface area contributed by atoms with Crippen LogP contribution in [0.4, 0.5) is 0 Å². The van der Waals surface area contributed by atoms with Gasteiger partial charge in [-0.3, -0.25) is 0 Å². The van der Waals surface area contributed by atoms with Crippen molar-refractivity contribution in [3.05, 3.63) is 29.8 Å². The van der Waals surface area contributed by atoms with Crippen LogP contribution in [-0.4, -0.2) is 13.2 Å². The molecule has 0 aliphatic heterocycles. The average Bonchev–Trinajstić information content (AvgIpc) is 2.29. The van der Waals surface area contributed by atoms with Gasteiger partial charge in [0.15, 0.2) is 0 Å². The first-order valence-corrected chi connectivity index (χ1v) is 6.38. The largest absolute Gasteiger partial charge is 0.493 e. The van der Waals surface area contributed by atoms with Crippen LogP contribution in [0.25, 0.3) is 0 Å². The Balaban J connectivity index is 2.58. The summed E-state index contributed by atoms with van der Waals surface area (Å²) >= 11 is 0. The molecule has 0 unspecified atom stereocenters. The molecule has 0 aromatic heterocycles. The van der Waals surface area contributed by atoms with E-state index >= 15 is 0 Å². The minimum absolute atomic E-state index is 0.159. The number of nitrogens with two attached hydrogens (primary N) is 1. The Morgan fingerprint density at radius 3 is 2.47 bits per heavy atom. The van der Waals surface area contributed by atoms with E-state index in [2.05, 4.69) is 39.8 Å². The molecule has 0 spiro atoms. The molecule has 1 aromatic rings. The van der Waals surface area contributed by atoms with Crippen molar-refractivity contribution < 1.29 is 4.74 Å². The van der Waals surface area contributed by atoms with E-state index in [9.17, 15) is 0 Å². The Morgan fingerprint density at radius 2 is 1.88 bits per heavy atom. The zero-order valence-corrected chi connectivity index (χ0v) is 11.5. The molecule has 0 heterocycles. The highest BCUT2D eigenvalue weighted by atomic mass is 16.5. The minimum atomic E-state index is 0.159. The van der Waals surface area contributed by atoms with E-state index in [0.29, 0.717) is 12.5 Å². The summed E-state index contributed by atoms with van der Waals surface area (Å²) in [6, 6.07) is 8.26. The van der Waals surface area contributed by atoms with Gasteiger partial charge in [0.05, 0.1) is 6.61 Å². The Bertz CT molecular complexity index is 345. The zero-order valence-electron chi connectivity index (χ0n) is 11.5. The van der Waals surface area contributed by atoms with Gasteiger partial charge in [0.2, 0.25) is 0 Å². The molecule has 0 aliphatic carbocycles. The quantitative estimate of drug-likeness (QED) is 0.818. The van der Waals surface area contributed by atoms with Gasteiger partial charge in [0.25, 0.3) is 0 Å². The topological polar surface area (TPSA) is 35.2 Å². The van der Waals surface area contributed by atoms with Crippen LogP contribution in [0, 0.1) is 5.41 Å². The maximum absolute atomic E-state index is 5.88. The Labute approximate surface area is 105 Å². The van der Waals surface area contributed by atoms with Gasteiger partial charge in [-0.15, -0.1) is 0 Å². The van der Waals surface area contributed by atoms with Crippen molar-refractivity contribution in [2.45, 2.75) is 40.0 Å². The number of hydrogen-bond donors (Lipinski definition) is 1. The number of ether oxygens (including phenoxy) is 1. The van der Waals surface area contributed by atoms with Crippen molar-refractivity contribution in [3.63, 3.8) is 0 Å². The van der Waals surface area contributed by atoms with Gasteiger partial charge in [-0.05, 0) is 35.9 Å².